The lowest BCUT2D eigenvalue weighted by atomic mass is 10.1. The van der Waals surface area contributed by atoms with Gasteiger partial charge in [0, 0.05) is 32.6 Å². The summed E-state index contributed by atoms with van der Waals surface area (Å²) in [5, 5.41) is 3.12. The molecule has 1 fully saturated rings. The molecule has 15 heteroatoms. The third-order valence-corrected chi connectivity index (χ3v) is 9.02. The van der Waals surface area contributed by atoms with Gasteiger partial charge in [0.15, 0.2) is 20.7 Å². The number of urea groups is 1. The van der Waals surface area contributed by atoms with Crippen molar-refractivity contribution in [1.82, 2.24) is 20.5 Å². The number of nitrogens with zero attached hydrogens (tertiary/aromatic N) is 2. The predicted molar refractivity (Wildman–Crippen MR) is 153 cm³/mol. The lowest BCUT2D eigenvalue weighted by Crippen LogP contribution is -2.52. The van der Waals surface area contributed by atoms with E-state index in [1.165, 1.54) is 11.0 Å². The number of fused-ring (bicyclic) bond motifs is 1. The SMILES string of the molecule is O=C(CCCCCNC(=O)C(CNC(=O)N1CCOCC1)S(=O)(=O)Cc1ccccc1C(F)(F)F)c1nc2ccccc2o1. The van der Waals surface area contributed by atoms with Gasteiger partial charge in [-0.2, -0.15) is 13.2 Å². The molecule has 1 aliphatic heterocycles. The number of unbranched alkanes of at least 4 members (excludes halogenated alkanes) is 2. The zero-order valence-corrected chi connectivity index (χ0v) is 24.6. The molecule has 44 heavy (non-hydrogen) atoms. The van der Waals surface area contributed by atoms with Crippen molar-refractivity contribution in [2.24, 2.45) is 0 Å². The molecule has 1 aliphatic rings. The topological polar surface area (TPSA) is 148 Å². The Balaban J connectivity index is 1.34. The Morgan fingerprint density at radius 3 is 2.39 bits per heavy atom. The van der Waals surface area contributed by atoms with E-state index >= 15 is 0 Å². The van der Waals surface area contributed by atoms with Gasteiger partial charge in [0.25, 0.3) is 5.89 Å². The number of para-hydroxylation sites is 2. The Bertz CT molecular complexity index is 1540. The summed E-state index contributed by atoms with van der Waals surface area (Å²) in [6, 6.07) is 10.6. The monoisotopic (exact) mass is 638 g/mol. The van der Waals surface area contributed by atoms with Crippen LogP contribution in [0.4, 0.5) is 18.0 Å². The number of sulfone groups is 1. The third kappa shape index (κ3) is 8.78. The van der Waals surface area contributed by atoms with Gasteiger partial charge in [-0.3, -0.25) is 9.59 Å². The number of carbonyl (C=O) groups is 3. The molecule has 0 spiro atoms. The molecule has 0 aliphatic carbocycles. The molecular weight excluding hydrogens is 605 g/mol. The molecule has 0 bridgehead atoms. The molecule has 11 nitrogen and oxygen atoms in total. The van der Waals surface area contributed by atoms with Crippen LogP contribution in [0.25, 0.3) is 11.1 Å². The second-order valence-electron chi connectivity index (χ2n) is 10.2. The van der Waals surface area contributed by atoms with Gasteiger partial charge >= 0.3 is 12.2 Å². The second-order valence-corrected chi connectivity index (χ2v) is 12.4. The molecule has 3 amide bonds. The number of amides is 3. The lowest BCUT2D eigenvalue weighted by molar-refractivity contribution is -0.138. The number of morpholine rings is 1. The van der Waals surface area contributed by atoms with E-state index in [9.17, 15) is 36.0 Å². The molecule has 1 atom stereocenters. The number of hydrogen-bond donors (Lipinski definition) is 2. The average Bonchev–Trinajstić information content (AvgIpc) is 3.43. The number of carbonyl (C=O) groups excluding carboxylic acids is 3. The van der Waals surface area contributed by atoms with Gasteiger partial charge in [-0.15, -0.1) is 0 Å². The highest BCUT2D eigenvalue weighted by Gasteiger charge is 2.38. The van der Waals surface area contributed by atoms with Crippen molar-refractivity contribution in [3.05, 3.63) is 65.5 Å². The van der Waals surface area contributed by atoms with E-state index < -0.39 is 56.6 Å². The summed E-state index contributed by atoms with van der Waals surface area (Å²) in [6.07, 6.45) is -3.27. The standard InChI is InChI=1S/C29H33F3N4O7S/c30-29(31,32)21-9-4-3-8-20(21)19-44(40,41)25(18-34-28(39)36-14-16-42-17-15-36)26(38)33-13-7-1-2-11-23(37)27-35-22-10-5-6-12-24(22)43-27/h3-6,8-10,12,25H,1-2,7,11,13-19H2,(H,33,38)(H,34,39). The number of ether oxygens (including phenoxy) is 1. The molecule has 3 aromatic rings. The molecule has 1 unspecified atom stereocenters. The van der Waals surface area contributed by atoms with Crippen molar-refractivity contribution in [3.8, 4) is 0 Å². The summed E-state index contributed by atoms with van der Waals surface area (Å²) in [7, 11) is -4.52. The number of Topliss-reactive ketones (excluding diaryl/α,β-unsaturated/α-hetero) is 1. The quantitative estimate of drug-likeness (QED) is 0.213. The maximum absolute atomic E-state index is 13.5. The number of alkyl halides is 3. The number of halogens is 3. The Hall–Kier alpha value is -3.98. The van der Waals surface area contributed by atoms with E-state index in [1.807, 2.05) is 0 Å². The number of hydrogen-bond acceptors (Lipinski definition) is 8. The summed E-state index contributed by atoms with van der Waals surface area (Å²) < 4.78 is 78.0. The summed E-state index contributed by atoms with van der Waals surface area (Å²) >= 11 is 0. The van der Waals surface area contributed by atoms with Crippen LogP contribution in [-0.2, 0) is 31.3 Å². The minimum absolute atomic E-state index is 0.0128. The van der Waals surface area contributed by atoms with Gasteiger partial charge in [0.05, 0.1) is 24.5 Å². The van der Waals surface area contributed by atoms with E-state index in [1.54, 1.807) is 24.3 Å². The third-order valence-electron chi connectivity index (χ3n) is 7.05. The maximum atomic E-state index is 13.5. The van der Waals surface area contributed by atoms with Crippen LogP contribution in [0, 0.1) is 0 Å². The van der Waals surface area contributed by atoms with E-state index in [4.69, 9.17) is 9.15 Å². The minimum atomic E-state index is -4.80. The highest BCUT2D eigenvalue weighted by molar-refractivity contribution is 7.92. The van der Waals surface area contributed by atoms with Crippen LogP contribution in [0.3, 0.4) is 0 Å². The highest BCUT2D eigenvalue weighted by Crippen LogP contribution is 2.33. The van der Waals surface area contributed by atoms with Crippen molar-refractivity contribution >= 4 is 38.7 Å². The largest absolute Gasteiger partial charge is 0.434 e. The van der Waals surface area contributed by atoms with Crippen LogP contribution in [-0.4, -0.2) is 80.7 Å². The molecule has 0 radical (unpaired) electrons. The number of nitrogens with one attached hydrogen (secondary N) is 2. The zero-order chi connectivity index (χ0) is 31.7. The number of benzene rings is 2. The highest BCUT2D eigenvalue weighted by atomic mass is 32.2. The Morgan fingerprint density at radius 1 is 0.955 bits per heavy atom. The van der Waals surface area contributed by atoms with Crippen LogP contribution >= 0.6 is 0 Å². The fraction of sp³-hybridized carbons (Fsp3) is 0.448. The van der Waals surface area contributed by atoms with Gasteiger partial charge in [0.2, 0.25) is 11.7 Å². The van der Waals surface area contributed by atoms with Gasteiger partial charge in [-0.1, -0.05) is 36.8 Å². The van der Waals surface area contributed by atoms with Gasteiger partial charge in [0.1, 0.15) is 5.52 Å². The van der Waals surface area contributed by atoms with Crippen LogP contribution < -0.4 is 10.6 Å². The molecule has 238 valence electrons. The summed E-state index contributed by atoms with van der Waals surface area (Å²) in [6.45, 7) is 0.553. The van der Waals surface area contributed by atoms with E-state index in [0.717, 1.165) is 18.2 Å². The first kappa shape index (κ1) is 32.9. The minimum Gasteiger partial charge on any atom is -0.434 e. The van der Waals surface area contributed by atoms with Crippen molar-refractivity contribution in [2.45, 2.75) is 42.9 Å². The molecule has 1 saturated heterocycles. The van der Waals surface area contributed by atoms with Crippen LogP contribution in [0.5, 0.6) is 0 Å². The summed E-state index contributed by atoms with van der Waals surface area (Å²) in [5.41, 5.74) is -0.536. The predicted octanol–water partition coefficient (Wildman–Crippen LogP) is 3.73. The smallest absolute Gasteiger partial charge is 0.416 e. The molecular formula is C29H33F3N4O7S. The van der Waals surface area contributed by atoms with Crippen LogP contribution in [0.15, 0.2) is 52.9 Å². The van der Waals surface area contributed by atoms with Gasteiger partial charge in [-0.25, -0.2) is 18.2 Å². The number of aromatic nitrogens is 1. The first-order valence-corrected chi connectivity index (χ1v) is 15.8. The Morgan fingerprint density at radius 2 is 1.66 bits per heavy atom. The molecule has 0 saturated carbocycles. The fourth-order valence-corrected chi connectivity index (χ4v) is 6.33. The van der Waals surface area contributed by atoms with E-state index in [0.29, 0.717) is 43.6 Å². The van der Waals surface area contributed by atoms with E-state index in [2.05, 4.69) is 15.6 Å². The first-order valence-electron chi connectivity index (χ1n) is 14.1. The van der Waals surface area contributed by atoms with Gasteiger partial charge < -0.3 is 24.7 Å². The van der Waals surface area contributed by atoms with Crippen LogP contribution in [0.1, 0.15) is 47.5 Å². The van der Waals surface area contributed by atoms with Crippen LogP contribution in [0.2, 0.25) is 0 Å². The Labute approximate surface area is 252 Å². The molecule has 4 rings (SSSR count). The summed E-state index contributed by atoms with van der Waals surface area (Å²) in [5.74, 6) is -2.25. The van der Waals surface area contributed by atoms with Crippen molar-refractivity contribution < 1.29 is 45.1 Å². The fourth-order valence-electron chi connectivity index (χ4n) is 4.69. The lowest BCUT2D eigenvalue weighted by Gasteiger charge is -2.28. The van der Waals surface area contributed by atoms with Crippen molar-refractivity contribution in [1.29, 1.82) is 0 Å². The van der Waals surface area contributed by atoms with E-state index in [-0.39, 0.29) is 37.7 Å². The van der Waals surface area contributed by atoms with Gasteiger partial charge in [-0.05, 0) is 36.6 Å². The molecule has 2 aromatic carbocycles. The first-order chi connectivity index (χ1) is 21.0. The number of ketones is 1. The number of oxazole rings is 1. The summed E-state index contributed by atoms with van der Waals surface area (Å²) in [4.78, 5) is 43.7. The number of rotatable bonds is 13. The molecule has 1 aromatic heterocycles. The second kappa shape index (κ2) is 14.7. The van der Waals surface area contributed by atoms with Crippen molar-refractivity contribution in [2.75, 3.05) is 39.4 Å². The Kier molecular flexibility index (Phi) is 11.0. The maximum Gasteiger partial charge on any atom is 0.416 e. The van der Waals surface area contributed by atoms with Crippen molar-refractivity contribution in [3.63, 3.8) is 0 Å². The average molecular weight is 639 g/mol. The normalized spacial score (nSPS) is 14.8. The zero-order valence-electron chi connectivity index (χ0n) is 23.8. The molecule has 2 heterocycles. The molecule has 2 N–H and O–H groups in total.